The van der Waals surface area contributed by atoms with E-state index in [0.717, 1.165) is 40.6 Å². The molecule has 0 aliphatic heterocycles. The molecule has 0 saturated carbocycles. The van der Waals surface area contributed by atoms with Crippen molar-refractivity contribution in [3.05, 3.63) is 83.7 Å². The summed E-state index contributed by atoms with van der Waals surface area (Å²) < 4.78 is 2.02. The molecule has 0 spiro atoms. The number of benzene rings is 2. The molecule has 1 heterocycles. The molecule has 0 atom stereocenters. The van der Waals surface area contributed by atoms with Crippen LogP contribution in [0.15, 0.2) is 66.3 Å². The number of rotatable bonds is 10. The third kappa shape index (κ3) is 5.39. The first kappa shape index (κ1) is 21.8. The molecule has 0 unspecified atom stereocenters. The van der Waals surface area contributed by atoms with Crippen LogP contribution in [0.3, 0.4) is 0 Å². The minimum absolute atomic E-state index is 0.0339. The molecule has 0 aliphatic carbocycles. The van der Waals surface area contributed by atoms with Crippen LogP contribution < -0.4 is 5.32 Å². The lowest BCUT2D eigenvalue weighted by Gasteiger charge is -2.14. The number of hydrogen-bond donors (Lipinski definition) is 1. The van der Waals surface area contributed by atoms with Crippen LogP contribution in [0.25, 0.3) is 0 Å². The standard InChI is InChI=1S/C24H28N4OS/c1-4-15-28-21(16-18-11-8-7-9-12-18)26-27-24(28)30-17-22(29)25-23-19(5-2)13-10-14-20(23)6-3/h4,7-14H,1,5-6,15-17H2,2-3H3,(H,25,29). The smallest absolute Gasteiger partial charge is 0.234 e. The Hall–Kier alpha value is -2.86. The van der Waals surface area contributed by atoms with Crippen LogP contribution in [0.2, 0.25) is 0 Å². The monoisotopic (exact) mass is 420 g/mol. The van der Waals surface area contributed by atoms with Gasteiger partial charge in [-0.2, -0.15) is 0 Å². The van der Waals surface area contributed by atoms with Gasteiger partial charge in [-0.05, 0) is 29.5 Å². The third-order valence-electron chi connectivity index (χ3n) is 4.91. The van der Waals surface area contributed by atoms with Crippen LogP contribution in [0, 0.1) is 0 Å². The van der Waals surface area contributed by atoms with Gasteiger partial charge in [-0.25, -0.2) is 0 Å². The summed E-state index contributed by atoms with van der Waals surface area (Å²) in [5.41, 5.74) is 4.44. The predicted octanol–water partition coefficient (Wildman–Crippen LogP) is 4.91. The van der Waals surface area contributed by atoms with E-state index in [1.165, 1.54) is 17.3 Å². The van der Waals surface area contributed by atoms with Crippen molar-refractivity contribution >= 4 is 23.4 Å². The van der Waals surface area contributed by atoms with Crippen molar-refractivity contribution in [2.24, 2.45) is 0 Å². The maximum absolute atomic E-state index is 12.7. The van der Waals surface area contributed by atoms with Crippen molar-refractivity contribution in [1.82, 2.24) is 14.8 Å². The van der Waals surface area contributed by atoms with Crippen LogP contribution in [-0.2, 0) is 30.6 Å². The van der Waals surface area contributed by atoms with Crippen LogP contribution in [-0.4, -0.2) is 26.4 Å². The summed E-state index contributed by atoms with van der Waals surface area (Å²) in [4.78, 5) is 12.7. The molecule has 30 heavy (non-hydrogen) atoms. The van der Waals surface area contributed by atoms with Gasteiger partial charge in [0.15, 0.2) is 5.16 Å². The molecule has 3 aromatic rings. The number of thioether (sulfide) groups is 1. The molecule has 0 saturated heterocycles. The number of hydrogen-bond acceptors (Lipinski definition) is 4. The van der Waals surface area contributed by atoms with Crippen LogP contribution in [0.1, 0.15) is 36.4 Å². The molecular formula is C24H28N4OS. The summed E-state index contributed by atoms with van der Waals surface area (Å²) in [6.45, 7) is 8.66. The summed E-state index contributed by atoms with van der Waals surface area (Å²) in [6, 6.07) is 16.4. The van der Waals surface area contributed by atoms with E-state index in [0.29, 0.717) is 13.0 Å². The van der Waals surface area contributed by atoms with Crippen molar-refractivity contribution < 1.29 is 4.79 Å². The van der Waals surface area contributed by atoms with Gasteiger partial charge in [0.2, 0.25) is 5.91 Å². The second kappa shape index (κ2) is 10.8. The van der Waals surface area contributed by atoms with Crippen LogP contribution in [0.5, 0.6) is 0 Å². The number of aryl methyl sites for hydroxylation is 2. The minimum atomic E-state index is -0.0339. The zero-order chi connectivity index (χ0) is 21.3. The summed E-state index contributed by atoms with van der Waals surface area (Å²) in [5.74, 6) is 1.11. The summed E-state index contributed by atoms with van der Waals surface area (Å²) in [6.07, 6.45) is 4.28. The van der Waals surface area contributed by atoms with Crippen molar-refractivity contribution in [3.63, 3.8) is 0 Å². The van der Waals surface area contributed by atoms with Gasteiger partial charge in [-0.15, -0.1) is 16.8 Å². The van der Waals surface area contributed by atoms with E-state index in [1.807, 2.05) is 34.9 Å². The number of carbonyl (C=O) groups is 1. The average molecular weight is 421 g/mol. The van der Waals surface area contributed by atoms with E-state index < -0.39 is 0 Å². The Morgan fingerprint density at radius 1 is 1.07 bits per heavy atom. The largest absolute Gasteiger partial charge is 0.325 e. The summed E-state index contributed by atoms with van der Waals surface area (Å²) >= 11 is 1.40. The van der Waals surface area contributed by atoms with Crippen molar-refractivity contribution in [2.75, 3.05) is 11.1 Å². The molecule has 0 fully saturated rings. The van der Waals surface area contributed by atoms with Crippen molar-refractivity contribution in [3.8, 4) is 0 Å². The lowest BCUT2D eigenvalue weighted by Crippen LogP contribution is -2.17. The molecular weight excluding hydrogens is 392 g/mol. The zero-order valence-corrected chi connectivity index (χ0v) is 18.4. The molecule has 1 N–H and O–H groups in total. The number of nitrogens with one attached hydrogen (secondary N) is 1. The topological polar surface area (TPSA) is 59.8 Å². The number of anilines is 1. The Kier molecular flexibility index (Phi) is 7.85. The molecule has 3 rings (SSSR count). The lowest BCUT2D eigenvalue weighted by atomic mass is 10.0. The molecule has 156 valence electrons. The van der Waals surface area contributed by atoms with Gasteiger partial charge in [0.05, 0.1) is 5.75 Å². The fourth-order valence-corrected chi connectivity index (χ4v) is 4.12. The minimum Gasteiger partial charge on any atom is -0.325 e. The first-order valence-electron chi connectivity index (χ1n) is 10.3. The Labute approximate surface area is 182 Å². The predicted molar refractivity (Wildman–Crippen MR) is 124 cm³/mol. The van der Waals surface area contributed by atoms with E-state index in [2.05, 4.69) is 60.2 Å². The first-order chi connectivity index (χ1) is 14.7. The van der Waals surface area contributed by atoms with Gasteiger partial charge in [0, 0.05) is 18.7 Å². The van der Waals surface area contributed by atoms with Gasteiger partial charge < -0.3 is 9.88 Å². The van der Waals surface area contributed by atoms with Gasteiger partial charge in [0.25, 0.3) is 0 Å². The third-order valence-corrected chi connectivity index (χ3v) is 5.87. The molecule has 1 amide bonds. The molecule has 6 heteroatoms. The van der Waals surface area contributed by atoms with E-state index in [4.69, 9.17) is 0 Å². The molecule has 0 radical (unpaired) electrons. The fraction of sp³-hybridized carbons (Fsp3) is 0.292. The molecule has 0 bridgehead atoms. The average Bonchev–Trinajstić information content (AvgIpc) is 3.14. The van der Waals surface area contributed by atoms with Crippen LogP contribution >= 0.6 is 11.8 Å². The first-order valence-corrected chi connectivity index (χ1v) is 11.2. The van der Waals surface area contributed by atoms with Gasteiger partial charge in [-0.3, -0.25) is 4.79 Å². The highest BCUT2D eigenvalue weighted by molar-refractivity contribution is 7.99. The number of nitrogens with zero attached hydrogens (tertiary/aromatic N) is 3. The number of carbonyl (C=O) groups excluding carboxylic acids is 1. The second-order valence-corrected chi connectivity index (χ2v) is 7.90. The van der Waals surface area contributed by atoms with Gasteiger partial charge in [-0.1, -0.05) is 80.2 Å². The van der Waals surface area contributed by atoms with Gasteiger partial charge in [0.1, 0.15) is 5.82 Å². The maximum atomic E-state index is 12.7. The second-order valence-electron chi connectivity index (χ2n) is 6.96. The SMILES string of the molecule is C=CCn1c(Cc2ccccc2)nnc1SCC(=O)Nc1c(CC)cccc1CC. The Balaban J connectivity index is 1.70. The normalized spacial score (nSPS) is 10.7. The zero-order valence-electron chi connectivity index (χ0n) is 17.6. The lowest BCUT2D eigenvalue weighted by molar-refractivity contribution is -0.113. The highest BCUT2D eigenvalue weighted by atomic mass is 32.2. The number of aromatic nitrogens is 3. The van der Waals surface area contributed by atoms with Crippen LogP contribution in [0.4, 0.5) is 5.69 Å². The Morgan fingerprint density at radius 3 is 2.40 bits per heavy atom. The molecule has 1 aromatic heterocycles. The maximum Gasteiger partial charge on any atom is 0.234 e. The fourth-order valence-electron chi connectivity index (χ4n) is 3.36. The van der Waals surface area contributed by atoms with Crippen molar-refractivity contribution in [1.29, 1.82) is 0 Å². The number of allylic oxidation sites excluding steroid dienone is 1. The highest BCUT2D eigenvalue weighted by Crippen LogP contribution is 2.24. The quantitative estimate of drug-likeness (QED) is 0.374. The van der Waals surface area contributed by atoms with E-state index in [9.17, 15) is 4.79 Å². The van der Waals surface area contributed by atoms with E-state index >= 15 is 0 Å². The molecule has 0 aliphatic rings. The molecule has 5 nitrogen and oxygen atoms in total. The molecule has 2 aromatic carbocycles. The van der Waals surface area contributed by atoms with Crippen molar-refractivity contribution in [2.45, 2.75) is 44.8 Å². The number of amides is 1. The summed E-state index contributed by atoms with van der Waals surface area (Å²) in [5, 5.41) is 12.5. The Morgan fingerprint density at radius 2 is 1.77 bits per heavy atom. The van der Waals surface area contributed by atoms with Gasteiger partial charge >= 0.3 is 0 Å². The Bertz CT molecular complexity index is 975. The van der Waals surface area contributed by atoms with E-state index in [1.54, 1.807) is 0 Å². The highest BCUT2D eigenvalue weighted by Gasteiger charge is 2.15. The number of para-hydroxylation sites is 1. The van der Waals surface area contributed by atoms with E-state index in [-0.39, 0.29) is 11.7 Å². The summed E-state index contributed by atoms with van der Waals surface area (Å²) in [7, 11) is 0.